The third-order valence-electron chi connectivity index (χ3n) is 12.0. The number of fused-ring (bicyclic) bond motifs is 7. The van der Waals surface area contributed by atoms with Crippen molar-refractivity contribution in [3.8, 4) is 28.3 Å². The van der Waals surface area contributed by atoms with Gasteiger partial charge in [0, 0.05) is 42.9 Å². The molecule has 0 N–H and O–H groups in total. The molecule has 319 valence electrons. The quantitative estimate of drug-likeness (QED) is 0.0908. The number of hydrogen-bond acceptors (Lipinski definition) is 3. The minimum Gasteiger partial charge on any atom is -0.500 e. The molecular formula is C57H55IrN3OSi-2. The summed E-state index contributed by atoms with van der Waals surface area (Å²) in [5, 5.41) is 8.28. The standard InChI is InChI=1S/C39H31N2O.C18H24NSi.Ir/c1-23(2)28-12-9-13-29(24(3)4)38(28)41-35-15-8-7-14-34(35)40-39(41)27-18-19-36-32(20-27)33-22-31-26(21-37(33)42-36)17-16-25-10-5-6-11-30(25)31;1-13(2)16-11-17(15-9-7-14(3)8-10-15)19-12-18(16)20(4,5)6;/h5-17,19-24H,1-4H3;7-9,11-13H,1-6H3;/q2*-1;/i;3D3,13D;. The Morgan fingerprint density at radius 3 is 2.05 bits per heavy atom. The second kappa shape index (κ2) is 17.5. The van der Waals surface area contributed by atoms with Gasteiger partial charge in [-0.05, 0) is 85.5 Å². The fourth-order valence-electron chi connectivity index (χ4n) is 8.75. The Morgan fingerprint density at radius 2 is 1.35 bits per heavy atom. The fourth-order valence-corrected chi connectivity index (χ4v) is 10.3. The van der Waals surface area contributed by atoms with Gasteiger partial charge in [-0.2, -0.15) is 0 Å². The average Bonchev–Trinajstić information content (AvgIpc) is 3.85. The first-order valence-corrected chi connectivity index (χ1v) is 25.1. The number of imidazole rings is 1. The number of pyridine rings is 1. The third-order valence-corrected chi connectivity index (χ3v) is 14.0. The monoisotopic (exact) mass is 1020 g/mol. The van der Waals surface area contributed by atoms with Gasteiger partial charge >= 0.3 is 0 Å². The van der Waals surface area contributed by atoms with Gasteiger partial charge in [-0.1, -0.05) is 152 Å². The maximum atomic E-state index is 8.48. The zero-order chi connectivity index (χ0) is 46.9. The van der Waals surface area contributed by atoms with E-state index < -0.39 is 20.8 Å². The molecule has 3 aromatic heterocycles. The maximum Gasteiger partial charge on any atom is 0.121 e. The molecule has 63 heavy (non-hydrogen) atoms. The zero-order valence-corrected chi connectivity index (χ0v) is 40.8. The summed E-state index contributed by atoms with van der Waals surface area (Å²) in [5.74, 6) is 0.903. The number of benzene rings is 7. The van der Waals surface area contributed by atoms with E-state index in [1.165, 1.54) is 49.6 Å². The Hall–Kier alpha value is -5.65. The van der Waals surface area contributed by atoms with Crippen LogP contribution in [-0.2, 0) is 20.1 Å². The molecule has 0 saturated heterocycles. The van der Waals surface area contributed by atoms with Gasteiger partial charge in [0.05, 0.1) is 30.5 Å². The van der Waals surface area contributed by atoms with E-state index in [1.807, 2.05) is 32.2 Å². The van der Waals surface area contributed by atoms with Crippen molar-refractivity contribution in [2.45, 2.75) is 85.8 Å². The minimum atomic E-state index is -2.13. The summed E-state index contributed by atoms with van der Waals surface area (Å²) in [6.07, 6.45) is 1.89. The van der Waals surface area contributed by atoms with Crippen molar-refractivity contribution in [2.24, 2.45) is 0 Å². The molecular weight excluding hydrogens is 963 g/mol. The normalized spacial score (nSPS) is 13.3. The molecule has 0 aliphatic heterocycles. The van der Waals surface area contributed by atoms with Crippen LogP contribution in [0.5, 0.6) is 0 Å². The predicted molar refractivity (Wildman–Crippen MR) is 266 cm³/mol. The molecule has 0 bridgehead atoms. The molecule has 0 fully saturated rings. The number of para-hydroxylation sites is 3. The van der Waals surface area contributed by atoms with Crippen LogP contribution in [0.3, 0.4) is 0 Å². The van der Waals surface area contributed by atoms with Crippen LogP contribution < -0.4 is 5.19 Å². The smallest absolute Gasteiger partial charge is 0.121 e. The summed E-state index contributed by atoms with van der Waals surface area (Å²) in [7, 11) is -1.61. The molecule has 10 aromatic rings. The fraction of sp³-hybridized carbons (Fsp3) is 0.228. The van der Waals surface area contributed by atoms with Crippen molar-refractivity contribution < 1.29 is 30.0 Å². The van der Waals surface area contributed by atoms with Gasteiger partial charge in [0.1, 0.15) is 5.58 Å². The molecule has 0 aliphatic carbocycles. The molecule has 0 amide bonds. The van der Waals surface area contributed by atoms with E-state index in [0.29, 0.717) is 11.8 Å². The third kappa shape index (κ3) is 8.33. The van der Waals surface area contributed by atoms with Crippen LogP contribution in [0.4, 0.5) is 0 Å². The molecule has 0 unspecified atom stereocenters. The van der Waals surface area contributed by atoms with Gasteiger partial charge in [-0.3, -0.25) is 4.98 Å². The first-order valence-electron chi connectivity index (χ1n) is 23.6. The van der Waals surface area contributed by atoms with E-state index in [-0.39, 0.29) is 25.7 Å². The molecule has 1 radical (unpaired) electrons. The number of aromatic nitrogens is 3. The van der Waals surface area contributed by atoms with E-state index in [2.05, 4.69) is 166 Å². The molecule has 0 aliphatic rings. The average molecular weight is 1020 g/mol. The van der Waals surface area contributed by atoms with E-state index in [0.717, 1.165) is 61.2 Å². The Kier molecular flexibility index (Phi) is 10.8. The molecule has 4 nitrogen and oxygen atoms in total. The van der Waals surface area contributed by atoms with E-state index >= 15 is 0 Å². The SMILES string of the molecule is CC(C)c1cccc(C(C)C)c1-n1c(-c2[c-]cc3oc4cc5ccc6ccccc6c5cc4c3c2)nc2ccccc21.[2H]C([2H])([2H])c1c[c-]c(-c2cc(C([2H])(C)C)c([Si](C)(C)C)cn2)cc1.[Ir]. The first-order chi connectivity index (χ1) is 31.3. The summed E-state index contributed by atoms with van der Waals surface area (Å²) in [6, 6.07) is 50.1. The summed E-state index contributed by atoms with van der Waals surface area (Å²) < 4.78 is 39.5. The Balaban J connectivity index is 0.000000209. The molecule has 0 saturated carbocycles. The Bertz CT molecular complexity index is 3420. The van der Waals surface area contributed by atoms with Crippen LogP contribution in [0.1, 0.15) is 87.0 Å². The van der Waals surface area contributed by atoms with Crippen molar-refractivity contribution in [1.29, 1.82) is 0 Å². The maximum absolute atomic E-state index is 8.48. The van der Waals surface area contributed by atoms with Crippen molar-refractivity contribution in [3.05, 3.63) is 168 Å². The van der Waals surface area contributed by atoms with Crippen LogP contribution in [0, 0.1) is 19.0 Å². The minimum absolute atomic E-state index is 0. The van der Waals surface area contributed by atoms with Crippen molar-refractivity contribution in [1.82, 2.24) is 14.5 Å². The van der Waals surface area contributed by atoms with Gasteiger partial charge in [0.15, 0.2) is 0 Å². The van der Waals surface area contributed by atoms with Gasteiger partial charge in [0.2, 0.25) is 0 Å². The molecule has 7 aromatic carbocycles. The van der Waals surface area contributed by atoms with Crippen molar-refractivity contribution in [2.75, 3.05) is 0 Å². The molecule has 0 atom stereocenters. The first kappa shape index (κ1) is 39.0. The van der Waals surface area contributed by atoms with Crippen LogP contribution in [0.2, 0.25) is 19.6 Å². The number of hydrogen-bond donors (Lipinski definition) is 0. The van der Waals surface area contributed by atoms with Crippen LogP contribution in [-0.4, -0.2) is 22.6 Å². The zero-order valence-electron chi connectivity index (χ0n) is 41.4. The van der Waals surface area contributed by atoms with E-state index in [1.54, 1.807) is 12.1 Å². The number of furan rings is 1. The largest absolute Gasteiger partial charge is 0.500 e. The Labute approximate surface area is 392 Å². The molecule has 6 heteroatoms. The topological polar surface area (TPSA) is 43.9 Å². The number of nitrogens with zero attached hydrogens (tertiary/aromatic N) is 3. The van der Waals surface area contributed by atoms with Gasteiger partial charge in [-0.15, -0.1) is 59.2 Å². The van der Waals surface area contributed by atoms with Crippen LogP contribution in [0.25, 0.3) is 82.8 Å². The Morgan fingerprint density at radius 1 is 0.651 bits per heavy atom. The van der Waals surface area contributed by atoms with Gasteiger partial charge in [0.25, 0.3) is 0 Å². The summed E-state index contributed by atoms with van der Waals surface area (Å²) >= 11 is 0. The van der Waals surface area contributed by atoms with Crippen LogP contribution >= 0.6 is 0 Å². The predicted octanol–water partition coefficient (Wildman–Crippen LogP) is 15.5. The van der Waals surface area contributed by atoms with Gasteiger partial charge < -0.3 is 14.0 Å². The summed E-state index contributed by atoms with van der Waals surface area (Å²) in [4.78, 5) is 9.78. The van der Waals surface area contributed by atoms with E-state index in [4.69, 9.17) is 14.9 Å². The van der Waals surface area contributed by atoms with Crippen molar-refractivity contribution >= 4 is 67.8 Å². The van der Waals surface area contributed by atoms with Crippen molar-refractivity contribution in [3.63, 3.8) is 0 Å². The molecule has 3 heterocycles. The second-order valence-electron chi connectivity index (χ2n) is 18.3. The summed E-state index contributed by atoms with van der Waals surface area (Å²) in [5.41, 5.74) is 11.3. The molecule has 0 spiro atoms. The number of rotatable bonds is 7. The van der Waals surface area contributed by atoms with Gasteiger partial charge in [-0.25, -0.2) is 0 Å². The molecule has 10 rings (SSSR count). The number of aryl methyl sites for hydroxylation is 1. The second-order valence-corrected chi connectivity index (χ2v) is 23.3. The van der Waals surface area contributed by atoms with Crippen LogP contribution in [0.15, 0.2) is 138 Å². The summed E-state index contributed by atoms with van der Waals surface area (Å²) in [6.45, 7) is 17.5. The van der Waals surface area contributed by atoms with E-state index in [9.17, 15) is 0 Å².